The molecular weight excluding hydrogens is 300 g/mol. The van der Waals surface area contributed by atoms with Gasteiger partial charge in [0.2, 0.25) is 0 Å². The molecule has 0 saturated carbocycles. The molecule has 0 fully saturated rings. The Labute approximate surface area is 141 Å². The molecule has 0 spiro atoms. The number of nitrogens with zero attached hydrogens (tertiary/aromatic N) is 5. The van der Waals surface area contributed by atoms with E-state index in [-0.39, 0.29) is 0 Å². The topological polar surface area (TPSA) is 60.6 Å². The second-order valence-corrected chi connectivity index (χ2v) is 6.39. The first-order valence-electron chi connectivity index (χ1n) is 8.50. The maximum Gasteiger partial charge on any atom is 0.132 e. The largest absolute Gasteiger partial charge is 0.329 e. The maximum atomic E-state index is 4.50. The van der Waals surface area contributed by atoms with E-state index in [0.717, 1.165) is 44.2 Å². The normalized spacial score (nSPS) is 16.9. The predicted octanol–water partition coefficient (Wildman–Crippen LogP) is 1.88. The molecule has 1 aliphatic heterocycles. The molecule has 0 radical (unpaired) electrons. The lowest BCUT2D eigenvalue weighted by molar-refractivity contribution is 0.345. The zero-order chi connectivity index (χ0) is 16.2. The lowest BCUT2D eigenvalue weighted by Gasteiger charge is -2.23. The summed E-state index contributed by atoms with van der Waals surface area (Å²) in [5, 5.41) is 11.7. The van der Waals surface area contributed by atoms with Crippen molar-refractivity contribution in [1.82, 2.24) is 29.6 Å². The third-order valence-corrected chi connectivity index (χ3v) is 4.64. The van der Waals surface area contributed by atoms with Crippen molar-refractivity contribution in [2.45, 2.75) is 32.5 Å². The highest BCUT2D eigenvalue weighted by Gasteiger charge is 2.19. The average molecular weight is 322 g/mol. The molecule has 1 aliphatic rings. The van der Waals surface area contributed by atoms with Crippen LogP contribution in [0.15, 0.2) is 49.1 Å². The second kappa shape index (κ2) is 6.97. The molecule has 0 unspecified atom stereocenters. The number of benzene rings is 1. The van der Waals surface area contributed by atoms with E-state index in [9.17, 15) is 0 Å². The lowest BCUT2D eigenvalue weighted by Crippen LogP contribution is -2.30. The highest BCUT2D eigenvalue weighted by atomic mass is 15.3. The van der Waals surface area contributed by atoms with Crippen LogP contribution in [-0.4, -0.2) is 30.9 Å². The molecule has 124 valence electrons. The van der Waals surface area contributed by atoms with E-state index in [1.54, 1.807) is 0 Å². The van der Waals surface area contributed by atoms with E-state index in [1.807, 2.05) is 24.8 Å². The number of rotatable bonds is 6. The summed E-state index contributed by atoms with van der Waals surface area (Å²) in [7, 11) is 0. The quantitative estimate of drug-likeness (QED) is 0.753. The van der Waals surface area contributed by atoms with Crippen LogP contribution in [0.2, 0.25) is 0 Å². The van der Waals surface area contributed by atoms with Crippen LogP contribution in [0, 0.1) is 5.92 Å². The van der Waals surface area contributed by atoms with E-state index in [1.165, 1.54) is 12.0 Å². The number of aryl methyl sites for hydroxylation is 1. The first-order valence-corrected chi connectivity index (χ1v) is 8.50. The number of aromatic nitrogens is 5. The van der Waals surface area contributed by atoms with Crippen LogP contribution >= 0.6 is 0 Å². The Hall–Kier alpha value is -2.47. The first-order chi connectivity index (χ1) is 11.9. The van der Waals surface area contributed by atoms with Gasteiger partial charge in [-0.05, 0) is 17.9 Å². The van der Waals surface area contributed by atoms with Gasteiger partial charge in [-0.3, -0.25) is 0 Å². The minimum Gasteiger partial charge on any atom is -0.329 e. The minimum absolute atomic E-state index is 0.631. The van der Waals surface area contributed by atoms with Crippen LogP contribution < -0.4 is 5.32 Å². The fourth-order valence-electron chi connectivity index (χ4n) is 3.31. The highest BCUT2D eigenvalue weighted by molar-refractivity contribution is 5.15. The number of imidazole rings is 1. The van der Waals surface area contributed by atoms with Gasteiger partial charge >= 0.3 is 0 Å². The van der Waals surface area contributed by atoms with Crippen LogP contribution in [0.3, 0.4) is 0 Å². The number of hydrogen-bond acceptors (Lipinski definition) is 4. The molecule has 6 nitrogen and oxygen atoms in total. The van der Waals surface area contributed by atoms with Crippen molar-refractivity contribution >= 4 is 0 Å². The molecular formula is C18H22N6. The monoisotopic (exact) mass is 322 g/mol. The Morgan fingerprint density at radius 2 is 2.12 bits per heavy atom. The summed E-state index contributed by atoms with van der Waals surface area (Å²) in [6, 6.07) is 10.5. The summed E-state index contributed by atoms with van der Waals surface area (Å²) in [6.07, 6.45) is 7.96. The van der Waals surface area contributed by atoms with E-state index in [0.29, 0.717) is 5.92 Å². The van der Waals surface area contributed by atoms with Crippen molar-refractivity contribution < 1.29 is 0 Å². The van der Waals surface area contributed by atoms with Gasteiger partial charge in [0.05, 0.1) is 6.54 Å². The molecule has 1 aromatic carbocycles. The van der Waals surface area contributed by atoms with Gasteiger partial charge in [-0.15, -0.1) is 10.2 Å². The zero-order valence-electron chi connectivity index (χ0n) is 13.7. The van der Waals surface area contributed by atoms with Crippen LogP contribution in [0.4, 0.5) is 0 Å². The summed E-state index contributed by atoms with van der Waals surface area (Å²) >= 11 is 0. The third kappa shape index (κ3) is 3.38. The van der Waals surface area contributed by atoms with Crippen molar-refractivity contribution in [3.05, 3.63) is 66.3 Å². The van der Waals surface area contributed by atoms with Gasteiger partial charge in [-0.2, -0.15) is 0 Å². The second-order valence-electron chi connectivity index (χ2n) is 6.39. The van der Waals surface area contributed by atoms with Gasteiger partial charge in [0, 0.05) is 38.4 Å². The smallest absolute Gasteiger partial charge is 0.132 e. The van der Waals surface area contributed by atoms with Crippen molar-refractivity contribution in [3.8, 4) is 0 Å². The Morgan fingerprint density at radius 3 is 3.04 bits per heavy atom. The molecule has 3 aromatic rings. The molecule has 0 aliphatic carbocycles. The molecule has 4 rings (SSSR count). The standard InChI is InChI=1S/C18H22N6/c1-2-4-15(5-3-1)12-23-9-8-20-18(23)11-19-10-16-6-7-17-22-21-14-24(17)13-16/h1-5,8-9,14,16,19H,6-7,10-13H2/t16-/m0/s1. The van der Waals surface area contributed by atoms with Gasteiger partial charge < -0.3 is 14.5 Å². The van der Waals surface area contributed by atoms with Gasteiger partial charge in [0.1, 0.15) is 18.0 Å². The molecule has 0 bridgehead atoms. The van der Waals surface area contributed by atoms with E-state index >= 15 is 0 Å². The van der Waals surface area contributed by atoms with Crippen molar-refractivity contribution in [3.63, 3.8) is 0 Å². The molecule has 6 heteroatoms. The average Bonchev–Trinajstić information content (AvgIpc) is 3.25. The fraction of sp³-hybridized carbons (Fsp3) is 0.389. The highest BCUT2D eigenvalue weighted by Crippen LogP contribution is 2.17. The van der Waals surface area contributed by atoms with Crippen molar-refractivity contribution in [2.24, 2.45) is 5.92 Å². The summed E-state index contributed by atoms with van der Waals surface area (Å²) < 4.78 is 4.38. The number of hydrogen-bond donors (Lipinski definition) is 1. The first kappa shape index (κ1) is 15.1. The zero-order valence-corrected chi connectivity index (χ0v) is 13.7. The molecule has 1 N–H and O–H groups in total. The van der Waals surface area contributed by atoms with E-state index in [4.69, 9.17) is 0 Å². The Kier molecular flexibility index (Phi) is 4.38. The van der Waals surface area contributed by atoms with Crippen LogP contribution in [0.1, 0.15) is 23.6 Å². The van der Waals surface area contributed by atoms with Crippen LogP contribution in [-0.2, 0) is 26.1 Å². The van der Waals surface area contributed by atoms with Gasteiger partial charge in [0.15, 0.2) is 0 Å². The van der Waals surface area contributed by atoms with Gasteiger partial charge in [0.25, 0.3) is 0 Å². The van der Waals surface area contributed by atoms with Crippen LogP contribution in [0.25, 0.3) is 0 Å². The van der Waals surface area contributed by atoms with E-state index < -0.39 is 0 Å². The molecule has 2 aromatic heterocycles. The molecule has 0 saturated heterocycles. The van der Waals surface area contributed by atoms with Gasteiger partial charge in [-0.1, -0.05) is 30.3 Å². The molecule has 0 amide bonds. The summed E-state index contributed by atoms with van der Waals surface area (Å²) in [4.78, 5) is 4.50. The third-order valence-electron chi connectivity index (χ3n) is 4.64. The molecule has 24 heavy (non-hydrogen) atoms. The Bertz CT molecular complexity index is 776. The molecule has 1 atom stereocenters. The summed E-state index contributed by atoms with van der Waals surface area (Å²) in [5.74, 6) is 2.83. The SMILES string of the molecule is c1ccc(Cn2ccnc2CNC[C@@H]2CCc3nncn3C2)cc1. The van der Waals surface area contributed by atoms with Gasteiger partial charge in [-0.25, -0.2) is 4.98 Å². The minimum atomic E-state index is 0.631. The van der Waals surface area contributed by atoms with Crippen LogP contribution in [0.5, 0.6) is 0 Å². The number of fused-ring (bicyclic) bond motifs is 1. The summed E-state index contributed by atoms with van der Waals surface area (Å²) in [6.45, 7) is 3.67. The number of nitrogens with one attached hydrogen (secondary N) is 1. The maximum absolute atomic E-state index is 4.50. The van der Waals surface area contributed by atoms with Crippen molar-refractivity contribution in [1.29, 1.82) is 0 Å². The Morgan fingerprint density at radius 1 is 1.21 bits per heavy atom. The Balaban J connectivity index is 1.30. The predicted molar refractivity (Wildman–Crippen MR) is 91.3 cm³/mol. The molecule has 3 heterocycles. The summed E-state index contributed by atoms with van der Waals surface area (Å²) in [5.41, 5.74) is 1.30. The lowest BCUT2D eigenvalue weighted by atomic mass is 9.99. The fourth-order valence-corrected chi connectivity index (χ4v) is 3.31. The van der Waals surface area contributed by atoms with E-state index in [2.05, 4.69) is 53.9 Å². The van der Waals surface area contributed by atoms with Crippen molar-refractivity contribution in [2.75, 3.05) is 6.54 Å².